The molecule has 1 aromatic carbocycles. The zero-order chi connectivity index (χ0) is 14.4. The van der Waals surface area contributed by atoms with E-state index in [1.807, 2.05) is 24.3 Å². The molecular weight excluding hydrogens is 342 g/mol. The number of methoxy groups -OCH3 is 1. The van der Waals surface area contributed by atoms with Gasteiger partial charge in [-0.05, 0) is 34.5 Å². The van der Waals surface area contributed by atoms with Gasteiger partial charge in [-0.3, -0.25) is 0 Å². The predicted octanol–water partition coefficient (Wildman–Crippen LogP) is 3.16. The van der Waals surface area contributed by atoms with E-state index in [4.69, 9.17) is 15.0 Å². The van der Waals surface area contributed by atoms with Crippen molar-refractivity contribution < 1.29 is 9.26 Å². The molecule has 2 N–H and O–H groups in total. The molecule has 2 aromatic rings. The van der Waals surface area contributed by atoms with Gasteiger partial charge in [0.1, 0.15) is 0 Å². The van der Waals surface area contributed by atoms with E-state index >= 15 is 0 Å². The molecule has 1 atom stereocenters. The summed E-state index contributed by atoms with van der Waals surface area (Å²) < 4.78 is 11.2. The number of rotatable bonds is 7. The Bertz CT molecular complexity index is 550. The Kier molecular flexibility index (Phi) is 6.03. The van der Waals surface area contributed by atoms with Crippen LogP contribution in [0.1, 0.15) is 24.2 Å². The third-order valence-electron chi connectivity index (χ3n) is 2.63. The van der Waals surface area contributed by atoms with Gasteiger partial charge in [0.05, 0.1) is 11.8 Å². The highest BCUT2D eigenvalue weighted by Crippen LogP contribution is 2.29. The molecule has 5 nitrogen and oxygen atoms in total. The summed E-state index contributed by atoms with van der Waals surface area (Å²) in [5.41, 5.74) is 5.94. The molecule has 1 unspecified atom stereocenters. The van der Waals surface area contributed by atoms with Crippen molar-refractivity contribution in [3.05, 3.63) is 40.5 Å². The third-order valence-corrected chi connectivity index (χ3v) is 4.65. The monoisotopic (exact) mass is 357 g/mol. The third kappa shape index (κ3) is 4.31. The highest BCUT2D eigenvalue weighted by Gasteiger charge is 2.14. The maximum atomic E-state index is 5.94. The molecule has 1 aromatic heterocycles. The van der Waals surface area contributed by atoms with Crippen molar-refractivity contribution in [3.63, 3.8) is 0 Å². The molecule has 0 aliphatic carbocycles. The minimum Gasteiger partial charge on any atom is -0.385 e. The second kappa shape index (κ2) is 7.78. The normalized spacial score (nSPS) is 12.6. The molecule has 20 heavy (non-hydrogen) atoms. The Hall–Kier alpha value is -0.890. The van der Waals surface area contributed by atoms with E-state index in [9.17, 15) is 0 Å². The van der Waals surface area contributed by atoms with Gasteiger partial charge in [0.25, 0.3) is 0 Å². The summed E-state index contributed by atoms with van der Waals surface area (Å²) in [4.78, 5) is 5.45. The van der Waals surface area contributed by atoms with Crippen LogP contribution in [0.5, 0.6) is 0 Å². The van der Waals surface area contributed by atoms with Crippen molar-refractivity contribution in [2.45, 2.75) is 23.1 Å². The number of halogens is 1. The van der Waals surface area contributed by atoms with Crippen LogP contribution in [0.2, 0.25) is 0 Å². The molecule has 2 rings (SSSR count). The zero-order valence-electron chi connectivity index (χ0n) is 11.1. The van der Waals surface area contributed by atoms with Crippen LogP contribution >= 0.6 is 27.7 Å². The Labute approximate surface area is 130 Å². The van der Waals surface area contributed by atoms with E-state index < -0.39 is 0 Å². The van der Waals surface area contributed by atoms with Gasteiger partial charge in [-0.25, -0.2) is 0 Å². The van der Waals surface area contributed by atoms with Crippen LogP contribution in [0, 0.1) is 0 Å². The van der Waals surface area contributed by atoms with Crippen LogP contribution < -0.4 is 5.73 Å². The molecule has 0 bridgehead atoms. The summed E-state index contributed by atoms with van der Waals surface area (Å²) in [6, 6.07) is 7.75. The molecule has 0 radical (unpaired) electrons. The number of thioether (sulfide) groups is 1. The predicted molar refractivity (Wildman–Crippen MR) is 81.4 cm³/mol. The lowest BCUT2D eigenvalue weighted by Gasteiger charge is -2.04. The zero-order valence-corrected chi connectivity index (χ0v) is 13.5. The summed E-state index contributed by atoms with van der Waals surface area (Å²) in [5.74, 6) is 1.75. The molecule has 108 valence electrons. The molecule has 7 heteroatoms. The number of nitrogens with zero attached hydrogens (tertiary/aromatic N) is 2. The van der Waals surface area contributed by atoms with Crippen LogP contribution in [-0.2, 0) is 10.5 Å². The smallest absolute Gasteiger partial charge is 0.243 e. The molecule has 0 spiro atoms. The maximum Gasteiger partial charge on any atom is 0.243 e. The molecule has 0 aliphatic rings. The fourth-order valence-electron chi connectivity index (χ4n) is 1.55. The number of hydrogen-bond donors (Lipinski definition) is 1. The van der Waals surface area contributed by atoms with Gasteiger partial charge < -0.3 is 15.0 Å². The van der Waals surface area contributed by atoms with E-state index in [1.165, 1.54) is 0 Å². The quantitative estimate of drug-likeness (QED) is 0.767. The molecular formula is C13H16BrN3O2S. The van der Waals surface area contributed by atoms with Crippen molar-refractivity contribution in [1.29, 1.82) is 0 Å². The van der Waals surface area contributed by atoms with Gasteiger partial charge >= 0.3 is 0 Å². The first kappa shape index (κ1) is 15.5. The SMILES string of the molecule is COCCC(N)c1nc(CSc2ccccc2Br)no1. The Morgan fingerprint density at radius 2 is 2.25 bits per heavy atom. The summed E-state index contributed by atoms with van der Waals surface area (Å²) in [5, 5.41) is 3.95. The van der Waals surface area contributed by atoms with E-state index in [1.54, 1.807) is 18.9 Å². The number of nitrogens with two attached hydrogens (primary N) is 1. The first-order chi connectivity index (χ1) is 9.70. The maximum absolute atomic E-state index is 5.94. The van der Waals surface area contributed by atoms with Gasteiger partial charge in [0, 0.05) is 23.1 Å². The summed E-state index contributed by atoms with van der Waals surface area (Å²) >= 11 is 5.15. The van der Waals surface area contributed by atoms with Gasteiger partial charge in [0.2, 0.25) is 5.89 Å². The molecule has 0 amide bonds. The lowest BCUT2D eigenvalue weighted by Crippen LogP contribution is -2.13. The second-order valence-electron chi connectivity index (χ2n) is 4.16. The topological polar surface area (TPSA) is 74.2 Å². The van der Waals surface area contributed by atoms with Crippen LogP contribution in [0.4, 0.5) is 0 Å². The first-order valence-electron chi connectivity index (χ1n) is 6.15. The minimum absolute atomic E-state index is 0.273. The average Bonchev–Trinajstić information content (AvgIpc) is 2.93. The van der Waals surface area contributed by atoms with Crippen molar-refractivity contribution in [2.24, 2.45) is 5.73 Å². The Morgan fingerprint density at radius 3 is 3.00 bits per heavy atom. The largest absolute Gasteiger partial charge is 0.385 e. The highest BCUT2D eigenvalue weighted by molar-refractivity contribution is 9.10. The van der Waals surface area contributed by atoms with E-state index in [2.05, 4.69) is 26.1 Å². The van der Waals surface area contributed by atoms with Gasteiger partial charge in [-0.2, -0.15) is 4.98 Å². The summed E-state index contributed by atoms with van der Waals surface area (Å²) in [6.07, 6.45) is 0.662. The fourth-order valence-corrected chi connectivity index (χ4v) is 2.96. The van der Waals surface area contributed by atoms with Crippen molar-refractivity contribution >= 4 is 27.7 Å². The number of ether oxygens (including phenoxy) is 1. The Morgan fingerprint density at radius 1 is 1.45 bits per heavy atom. The molecule has 0 aliphatic heterocycles. The molecule has 1 heterocycles. The minimum atomic E-state index is -0.273. The highest BCUT2D eigenvalue weighted by atomic mass is 79.9. The van der Waals surface area contributed by atoms with E-state index in [-0.39, 0.29) is 6.04 Å². The second-order valence-corrected chi connectivity index (χ2v) is 6.03. The standard InChI is InChI=1S/C13H16BrN3O2S/c1-18-7-6-10(15)13-16-12(17-19-13)8-20-11-5-3-2-4-9(11)14/h2-5,10H,6-8,15H2,1H3. The summed E-state index contributed by atoms with van der Waals surface area (Å²) in [7, 11) is 1.64. The lowest BCUT2D eigenvalue weighted by atomic mass is 10.2. The number of aromatic nitrogens is 2. The van der Waals surface area contributed by atoms with Crippen LogP contribution in [-0.4, -0.2) is 23.9 Å². The lowest BCUT2D eigenvalue weighted by molar-refractivity contribution is 0.182. The molecule has 0 fully saturated rings. The summed E-state index contributed by atoms with van der Waals surface area (Å²) in [6.45, 7) is 0.574. The van der Waals surface area contributed by atoms with E-state index in [0.29, 0.717) is 30.5 Å². The van der Waals surface area contributed by atoms with Crippen molar-refractivity contribution in [1.82, 2.24) is 10.1 Å². The average molecular weight is 358 g/mol. The van der Waals surface area contributed by atoms with E-state index in [0.717, 1.165) is 9.37 Å². The Balaban J connectivity index is 1.91. The molecule has 0 saturated heterocycles. The van der Waals surface area contributed by atoms with Gasteiger partial charge in [-0.15, -0.1) is 11.8 Å². The van der Waals surface area contributed by atoms with Crippen LogP contribution in [0.3, 0.4) is 0 Å². The van der Waals surface area contributed by atoms with Crippen molar-refractivity contribution in [2.75, 3.05) is 13.7 Å². The van der Waals surface area contributed by atoms with Gasteiger partial charge in [0.15, 0.2) is 5.82 Å². The number of hydrogen-bond acceptors (Lipinski definition) is 6. The van der Waals surface area contributed by atoms with Crippen molar-refractivity contribution in [3.8, 4) is 0 Å². The fraction of sp³-hybridized carbons (Fsp3) is 0.385. The van der Waals surface area contributed by atoms with Crippen LogP contribution in [0.15, 0.2) is 38.2 Å². The molecule has 0 saturated carbocycles. The van der Waals surface area contributed by atoms with Gasteiger partial charge in [-0.1, -0.05) is 17.3 Å². The van der Waals surface area contributed by atoms with Crippen LogP contribution in [0.25, 0.3) is 0 Å². The number of benzene rings is 1. The first-order valence-corrected chi connectivity index (χ1v) is 7.93.